The van der Waals surface area contributed by atoms with E-state index in [2.05, 4.69) is 6.92 Å². The summed E-state index contributed by atoms with van der Waals surface area (Å²) in [4.78, 5) is 22.7. The summed E-state index contributed by atoms with van der Waals surface area (Å²) in [6.07, 6.45) is 5.53. The minimum atomic E-state index is -0.449. The van der Waals surface area contributed by atoms with Crippen molar-refractivity contribution in [2.45, 2.75) is 52.1 Å². The highest BCUT2D eigenvalue weighted by molar-refractivity contribution is 5.96. The van der Waals surface area contributed by atoms with Gasteiger partial charge in [-0.25, -0.2) is 4.79 Å². The maximum atomic E-state index is 12.4. The number of rotatable bonds is 9. The third-order valence-electron chi connectivity index (χ3n) is 3.98. The van der Waals surface area contributed by atoms with Crippen molar-refractivity contribution < 1.29 is 14.6 Å². The van der Waals surface area contributed by atoms with Crippen LogP contribution in [0.2, 0.25) is 0 Å². The first-order valence-corrected chi connectivity index (χ1v) is 8.74. The van der Waals surface area contributed by atoms with Crippen molar-refractivity contribution in [1.82, 2.24) is 0 Å². The lowest BCUT2D eigenvalue weighted by Gasteiger charge is -2.12. The van der Waals surface area contributed by atoms with Crippen LogP contribution in [0, 0.1) is 0 Å². The summed E-state index contributed by atoms with van der Waals surface area (Å²) in [6.45, 7) is 4.12. The molecule has 0 bridgehead atoms. The fourth-order valence-electron chi connectivity index (χ4n) is 2.61. The second-order valence-corrected chi connectivity index (χ2v) is 6.04. The largest absolute Gasteiger partial charge is 0.373 e. The highest BCUT2D eigenvalue weighted by atomic mass is 17.2. The van der Waals surface area contributed by atoms with Crippen LogP contribution in [0.4, 0.5) is 0 Å². The SMILES string of the molecule is CCCCCCC(C)OOC(=O)c1ccccc1-c1ccccc1. The van der Waals surface area contributed by atoms with Gasteiger partial charge in [-0.1, -0.05) is 81.1 Å². The summed E-state index contributed by atoms with van der Waals surface area (Å²) < 4.78 is 0. The molecular weight excluding hydrogens is 300 g/mol. The number of carbonyl (C=O) groups is 1. The molecule has 1 unspecified atom stereocenters. The Morgan fingerprint density at radius 2 is 1.67 bits per heavy atom. The average Bonchev–Trinajstić information content (AvgIpc) is 2.64. The van der Waals surface area contributed by atoms with Gasteiger partial charge in [0.25, 0.3) is 0 Å². The molecule has 0 fully saturated rings. The molecule has 2 aromatic carbocycles. The van der Waals surface area contributed by atoms with Gasteiger partial charge in [0.1, 0.15) is 6.10 Å². The standard InChI is InChI=1S/C21H26O3/c1-3-4-5-7-12-17(2)23-24-21(22)20-16-11-10-15-19(20)18-13-8-6-9-14-18/h6,8-11,13-17H,3-5,7,12H2,1-2H3. The van der Waals surface area contributed by atoms with Crippen LogP contribution in [-0.4, -0.2) is 12.1 Å². The lowest BCUT2D eigenvalue weighted by atomic mass is 10.00. The van der Waals surface area contributed by atoms with Gasteiger partial charge in [0, 0.05) is 0 Å². The van der Waals surface area contributed by atoms with E-state index in [9.17, 15) is 4.79 Å². The molecule has 24 heavy (non-hydrogen) atoms. The van der Waals surface area contributed by atoms with Crippen molar-refractivity contribution in [2.24, 2.45) is 0 Å². The molecule has 2 rings (SSSR count). The van der Waals surface area contributed by atoms with Gasteiger partial charge in [0.15, 0.2) is 0 Å². The molecule has 3 heteroatoms. The van der Waals surface area contributed by atoms with Crippen molar-refractivity contribution in [1.29, 1.82) is 0 Å². The number of unbranched alkanes of at least 4 members (excludes halogenated alkanes) is 3. The molecule has 0 heterocycles. The summed E-state index contributed by atoms with van der Waals surface area (Å²) in [5.74, 6) is -0.449. The minimum Gasteiger partial charge on any atom is -0.293 e. The monoisotopic (exact) mass is 326 g/mol. The highest BCUT2D eigenvalue weighted by Gasteiger charge is 2.16. The van der Waals surface area contributed by atoms with E-state index in [0.29, 0.717) is 5.56 Å². The van der Waals surface area contributed by atoms with Crippen LogP contribution in [0.25, 0.3) is 11.1 Å². The molecule has 2 aromatic rings. The van der Waals surface area contributed by atoms with E-state index < -0.39 is 5.97 Å². The summed E-state index contributed by atoms with van der Waals surface area (Å²) in [5, 5.41) is 0. The Bertz CT molecular complexity index is 622. The van der Waals surface area contributed by atoms with E-state index in [-0.39, 0.29) is 6.10 Å². The summed E-state index contributed by atoms with van der Waals surface area (Å²) >= 11 is 0. The van der Waals surface area contributed by atoms with Gasteiger partial charge < -0.3 is 0 Å². The molecule has 0 aliphatic rings. The molecule has 0 N–H and O–H groups in total. The first-order valence-electron chi connectivity index (χ1n) is 8.74. The summed E-state index contributed by atoms with van der Waals surface area (Å²) in [7, 11) is 0. The third kappa shape index (κ3) is 5.50. The maximum absolute atomic E-state index is 12.4. The van der Waals surface area contributed by atoms with Crippen LogP contribution in [0.15, 0.2) is 54.6 Å². The molecule has 0 saturated carbocycles. The zero-order valence-corrected chi connectivity index (χ0v) is 14.5. The van der Waals surface area contributed by atoms with Crippen molar-refractivity contribution in [3.8, 4) is 11.1 Å². The zero-order chi connectivity index (χ0) is 17.2. The number of hydrogen-bond acceptors (Lipinski definition) is 3. The highest BCUT2D eigenvalue weighted by Crippen LogP contribution is 2.24. The van der Waals surface area contributed by atoms with Gasteiger partial charge in [-0.3, -0.25) is 4.89 Å². The zero-order valence-electron chi connectivity index (χ0n) is 14.5. The second-order valence-electron chi connectivity index (χ2n) is 6.04. The van der Waals surface area contributed by atoms with E-state index in [4.69, 9.17) is 9.78 Å². The van der Waals surface area contributed by atoms with Crippen LogP contribution in [0.5, 0.6) is 0 Å². The van der Waals surface area contributed by atoms with Gasteiger partial charge in [0.2, 0.25) is 0 Å². The topological polar surface area (TPSA) is 35.5 Å². The summed E-state index contributed by atoms with van der Waals surface area (Å²) in [6, 6.07) is 17.2. The molecule has 0 aliphatic heterocycles. The van der Waals surface area contributed by atoms with Gasteiger partial charge in [-0.15, -0.1) is 0 Å². The van der Waals surface area contributed by atoms with Crippen LogP contribution in [0.3, 0.4) is 0 Å². The van der Waals surface area contributed by atoms with E-state index in [1.54, 1.807) is 6.07 Å². The lowest BCUT2D eigenvalue weighted by Crippen LogP contribution is -2.14. The van der Waals surface area contributed by atoms with Crippen LogP contribution in [-0.2, 0) is 9.78 Å². The third-order valence-corrected chi connectivity index (χ3v) is 3.98. The molecule has 0 radical (unpaired) electrons. The van der Waals surface area contributed by atoms with Gasteiger partial charge >= 0.3 is 5.97 Å². The van der Waals surface area contributed by atoms with Gasteiger partial charge in [-0.2, -0.15) is 4.89 Å². The first kappa shape index (κ1) is 18.2. The van der Waals surface area contributed by atoms with E-state index >= 15 is 0 Å². The van der Waals surface area contributed by atoms with Crippen molar-refractivity contribution in [2.75, 3.05) is 0 Å². The minimum absolute atomic E-state index is 0.0882. The molecule has 128 valence electrons. The summed E-state index contributed by atoms with van der Waals surface area (Å²) in [5.41, 5.74) is 2.35. The molecule has 0 saturated heterocycles. The second kappa shape index (κ2) is 9.89. The van der Waals surface area contributed by atoms with Gasteiger partial charge in [0.05, 0.1) is 5.56 Å². The molecule has 0 spiro atoms. The average molecular weight is 326 g/mol. The molecule has 0 aromatic heterocycles. The predicted octanol–water partition coefficient (Wildman–Crippen LogP) is 5.80. The van der Waals surface area contributed by atoms with E-state index in [1.165, 1.54) is 19.3 Å². The van der Waals surface area contributed by atoms with E-state index in [1.807, 2.05) is 55.5 Å². The Hall–Kier alpha value is -2.13. The van der Waals surface area contributed by atoms with Crippen molar-refractivity contribution in [3.63, 3.8) is 0 Å². The van der Waals surface area contributed by atoms with Crippen LogP contribution < -0.4 is 0 Å². The molecular formula is C21H26O3. The van der Waals surface area contributed by atoms with Gasteiger partial charge in [-0.05, 0) is 30.5 Å². The van der Waals surface area contributed by atoms with Crippen LogP contribution in [0.1, 0.15) is 56.3 Å². The number of hydrogen-bond donors (Lipinski definition) is 0. The van der Waals surface area contributed by atoms with Crippen LogP contribution >= 0.6 is 0 Å². The fraction of sp³-hybridized carbons (Fsp3) is 0.381. The Morgan fingerprint density at radius 1 is 0.958 bits per heavy atom. The number of benzene rings is 2. The quantitative estimate of drug-likeness (QED) is 0.332. The van der Waals surface area contributed by atoms with Crippen molar-refractivity contribution >= 4 is 5.97 Å². The molecule has 0 aliphatic carbocycles. The molecule has 3 nitrogen and oxygen atoms in total. The first-order chi connectivity index (χ1) is 11.7. The Morgan fingerprint density at radius 3 is 2.42 bits per heavy atom. The predicted molar refractivity (Wildman–Crippen MR) is 96.6 cm³/mol. The normalized spacial score (nSPS) is 11.9. The van der Waals surface area contributed by atoms with Crippen molar-refractivity contribution in [3.05, 3.63) is 60.2 Å². The smallest absolute Gasteiger partial charge is 0.293 e. The lowest BCUT2D eigenvalue weighted by molar-refractivity contribution is -0.271. The molecule has 1 atom stereocenters. The Kier molecular flexibility index (Phi) is 7.50. The van der Waals surface area contributed by atoms with E-state index in [0.717, 1.165) is 24.0 Å². The Labute approximate surface area is 144 Å². The maximum Gasteiger partial charge on any atom is 0.373 e. The molecule has 0 amide bonds. The fourth-order valence-corrected chi connectivity index (χ4v) is 2.61. The Balaban J connectivity index is 1.93. The number of carbonyl (C=O) groups excluding carboxylic acids is 1.